The van der Waals surface area contributed by atoms with E-state index in [4.69, 9.17) is 9.84 Å². The van der Waals surface area contributed by atoms with Crippen LogP contribution >= 0.6 is 0 Å². The summed E-state index contributed by atoms with van der Waals surface area (Å²) in [5, 5.41) is 8.92. The van der Waals surface area contributed by atoms with Crippen molar-refractivity contribution in [3.8, 4) is 0 Å². The normalized spacial score (nSPS) is 19.9. The van der Waals surface area contributed by atoms with Crippen LogP contribution in [0.5, 0.6) is 0 Å². The molecule has 0 bridgehead atoms. The highest BCUT2D eigenvalue weighted by Crippen LogP contribution is 2.15. The maximum Gasteiger partial charge on any atom is 0.352 e. The van der Waals surface area contributed by atoms with Gasteiger partial charge in [-0.1, -0.05) is 0 Å². The zero-order valence-electron chi connectivity index (χ0n) is 11.2. The molecule has 1 aliphatic heterocycles. The summed E-state index contributed by atoms with van der Waals surface area (Å²) in [6.07, 6.45) is 4.04. The Bertz CT molecular complexity index is 587. The van der Waals surface area contributed by atoms with Gasteiger partial charge in [-0.25, -0.2) is 17.9 Å². The van der Waals surface area contributed by atoms with Crippen molar-refractivity contribution in [1.29, 1.82) is 0 Å². The zero-order chi connectivity index (χ0) is 14.8. The van der Waals surface area contributed by atoms with Gasteiger partial charge in [0.2, 0.25) is 10.0 Å². The van der Waals surface area contributed by atoms with Gasteiger partial charge in [0.05, 0.1) is 6.10 Å². The van der Waals surface area contributed by atoms with Crippen molar-refractivity contribution in [2.24, 2.45) is 7.05 Å². The average molecular weight is 302 g/mol. The Hall–Kier alpha value is -1.38. The van der Waals surface area contributed by atoms with Gasteiger partial charge < -0.3 is 14.4 Å². The number of aromatic carboxylic acids is 1. The summed E-state index contributed by atoms with van der Waals surface area (Å²) < 4.78 is 33.4. The molecule has 7 nitrogen and oxygen atoms in total. The molecule has 0 saturated carbocycles. The second-order valence-electron chi connectivity index (χ2n) is 4.82. The standard InChI is InChI=1S/C12H18N2O5S/c1-14-8-10(6-11(14)12(15)16)20(17,18)13-7-9-4-2-3-5-19-9/h6,8-9,13H,2-5,7H2,1H3,(H,15,16). The van der Waals surface area contributed by atoms with E-state index in [9.17, 15) is 13.2 Å². The molecule has 2 rings (SSSR count). The molecule has 1 fully saturated rings. The molecule has 0 aliphatic carbocycles. The predicted molar refractivity (Wildman–Crippen MR) is 71.2 cm³/mol. The summed E-state index contributed by atoms with van der Waals surface area (Å²) in [4.78, 5) is 10.9. The van der Waals surface area contributed by atoms with Crippen LogP contribution in [0.15, 0.2) is 17.2 Å². The number of ether oxygens (including phenoxy) is 1. The van der Waals surface area contributed by atoms with Gasteiger partial charge in [0, 0.05) is 26.4 Å². The number of sulfonamides is 1. The Morgan fingerprint density at radius 3 is 2.85 bits per heavy atom. The molecule has 112 valence electrons. The molecule has 0 radical (unpaired) electrons. The van der Waals surface area contributed by atoms with Gasteiger partial charge >= 0.3 is 5.97 Å². The monoisotopic (exact) mass is 302 g/mol. The van der Waals surface area contributed by atoms with E-state index in [1.54, 1.807) is 0 Å². The summed E-state index contributed by atoms with van der Waals surface area (Å²) in [7, 11) is -2.22. The number of nitrogens with one attached hydrogen (secondary N) is 1. The molecule has 0 aromatic carbocycles. The summed E-state index contributed by atoms with van der Waals surface area (Å²) in [6.45, 7) is 0.862. The SMILES string of the molecule is Cn1cc(S(=O)(=O)NCC2CCCCO2)cc1C(=O)O. The Labute approximate surface area is 117 Å². The van der Waals surface area contributed by atoms with Crippen LogP contribution in [0.3, 0.4) is 0 Å². The van der Waals surface area contributed by atoms with Crippen molar-refractivity contribution in [3.05, 3.63) is 18.0 Å². The number of hydrogen-bond donors (Lipinski definition) is 2. The number of rotatable bonds is 5. The van der Waals surface area contributed by atoms with Crippen molar-refractivity contribution >= 4 is 16.0 Å². The van der Waals surface area contributed by atoms with Crippen molar-refractivity contribution in [3.63, 3.8) is 0 Å². The lowest BCUT2D eigenvalue weighted by Crippen LogP contribution is -2.35. The number of aromatic nitrogens is 1. The number of nitrogens with zero attached hydrogens (tertiary/aromatic N) is 1. The maximum absolute atomic E-state index is 12.1. The molecular weight excluding hydrogens is 284 g/mol. The largest absolute Gasteiger partial charge is 0.477 e. The quantitative estimate of drug-likeness (QED) is 0.828. The van der Waals surface area contributed by atoms with Crippen LogP contribution in [0.2, 0.25) is 0 Å². The lowest BCUT2D eigenvalue weighted by molar-refractivity contribution is 0.0200. The minimum atomic E-state index is -3.71. The van der Waals surface area contributed by atoms with E-state index in [0.717, 1.165) is 25.3 Å². The van der Waals surface area contributed by atoms with Crippen LogP contribution in [-0.2, 0) is 21.8 Å². The first-order valence-corrected chi connectivity index (χ1v) is 7.89. The molecule has 1 aromatic rings. The fourth-order valence-electron chi connectivity index (χ4n) is 2.15. The summed E-state index contributed by atoms with van der Waals surface area (Å²) in [5.74, 6) is -1.16. The van der Waals surface area contributed by atoms with Crippen molar-refractivity contribution in [2.45, 2.75) is 30.3 Å². The first kappa shape index (κ1) is 15.0. The van der Waals surface area contributed by atoms with Crippen LogP contribution in [0.1, 0.15) is 29.8 Å². The molecular formula is C12H18N2O5S. The number of carbonyl (C=O) groups is 1. The Kier molecular flexibility index (Phi) is 4.46. The fourth-order valence-corrected chi connectivity index (χ4v) is 3.28. The van der Waals surface area contributed by atoms with Crippen LogP contribution in [0.4, 0.5) is 0 Å². The lowest BCUT2D eigenvalue weighted by atomic mass is 10.1. The van der Waals surface area contributed by atoms with E-state index < -0.39 is 16.0 Å². The third-order valence-corrected chi connectivity index (χ3v) is 4.67. The summed E-state index contributed by atoms with van der Waals surface area (Å²) >= 11 is 0. The highest BCUT2D eigenvalue weighted by molar-refractivity contribution is 7.89. The molecule has 8 heteroatoms. The fraction of sp³-hybridized carbons (Fsp3) is 0.583. The van der Waals surface area contributed by atoms with Crippen LogP contribution < -0.4 is 4.72 Å². The molecule has 1 atom stereocenters. The molecule has 2 N–H and O–H groups in total. The second kappa shape index (κ2) is 5.94. The number of carboxylic acid groups (broad SMARTS) is 1. The average Bonchev–Trinajstić information content (AvgIpc) is 2.81. The van der Waals surface area contributed by atoms with Crippen LogP contribution in [-0.4, -0.2) is 43.3 Å². The topological polar surface area (TPSA) is 97.6 Å². The van der Waals surface area contributed by atoms with E-state index in [1.165, 1.54) is 17.8 Å². The van der Waals surface area contributed by atoms with E-state index in [2.05, 4.69) is 4.72 Å². The van der Waals surface area contributed by atoms with Gasteiger partial charge in [-0.15, -0.1) is 0 Å². The summed E-state index contributed by atoms with van der Waals surface area (Å²) in [5.41, 5.74) is -0.0701. The van der Waals surface area contributed by atoms with Gasteiger partial charge in [-0.05, 0) is 25.3 Å². The zero-order valence-corrected chi connectivity index (χ0v) is 12.0. The van der Waals surface area contributed by atoms with E-state index in [0.29, 0.717) is 6.61 Å². The van der Waals surface area contributed by atoms with Gasteiger partial charge in [-0.2, -0.15) is 0 Å². The molecule has 1 unspecified atom stereocenters. The van der Waals surface area contributed by atoms with Gasteiger partial charge in [0.15, 0.2) is 0 Å². The molecule has 0 spiro atoms. The Morgan fingerprint density at radius 2 is 2.30 bits per heavy atom. The molecule has 20 heavy (non-hydrogen) atoms. The first-order chi connectivity index (χ1) is 9.40. The minimum Gasteiger partial charge on any atom is -0.477 e. The first-order valence-electron chi connectivity index (χ1n) is 6.41. The lowest BCUT2D eigenvalue weighted by Gasteiger charge is -2.22. The van der Waals surface area contributed by atoms with Crippen molar-refractivity contribution in [2.75, 3.05) is 13.2 Å². The Morgan fingerprint density at radius 1 is 1.55 bits per heavy atom. The third kappa shape index (κ3) is 3.38. The molecule has 2 heterocycles. The molecule has 1 saturated heterocycles. The minimum absolute atomic E-state index is 0.0480. The smallest absolute Gasteiger partial charge is 0.352 e. The van der Waals surface area contributed by atoms with Crippen LogP contribution in [0, 0.1) is 0 Å². The summed E-state index contributed by atoms with van der Waals surface area (Å²) in [6, 6.07) is 1.15. The highest BCUT2D eigenvalue weighted by Gasteiger charge is 2.22. The maximum atomic E-state index is 12.1. The van der Waals surface area contributed by atoms with Crippen LogP contribution in [0.25, 0.3) is 0 Å². The van der Waals surface area contributed by atoms with E-state index >= 15 is 0 Å². The molecule has 1 aliphatic rings. The molecule has 0 amide bonds. The predicted octanol–water partition coefficient (Wildman–Crippen LogP) is 0.571. The Balaban J connectivity index is 2.06. The van der Waals surface area contributed by atoms with E-state index in [1.807, 2.05) is 0 Å². The van der Waals surface area contributed by atoms with Gasteiger partial charge in [0.1, 0.15) is 10.6 Å². The van der Waals surface area contributed by atoms with Gasteiger partial charge in [0.25, 0.3) is 0 Å². The molecule has 1 aromatic heterocycles. The number of carboxylic acids is 1. The van der Waals surface area contributed by atoms with E-state index in [-0.39, 0.29) is 23.2 Å². The van der Waals surface area contributed by atoms with Crippen molar-refractivity contribution in [1.82, 2.24) is 9.29 Å². The van der Waals surface area contributed by atoms with Crippen molar-refractivity contribution < 1.29 is 23.1 Å². The second-order valence-corrected chi connectivity index (χ2v) is 6.58. The third-order valence-electron chi connectivity index (χ3n) is 3.28. The van der Waals surface area contributed by atoms with Gasteiger partial charge in [-0.3, -0.25) is 0 Å². The highest BCUT2D eigenvalue weighted by atomic mass is 32.2. The number of aryl methyl sites for hydroxylation is 1. The number of hydrogen-bond acceptors (Lipinski definition) is 4.